The van der Waals surface area contributed by atoms with E-state index in [1.165, 1.54) is 19.2 Å². The molecule has 22 heavy (non-hydrogen) atoms. The molecule has 0 heterocycles. The number of halogens is 3. The summed E-state index contributed by atoms with van der Waals surface area (Å²) in [7, 11) is 1.32. The first-order chi connectivity index (χ1) is 10.4. The quantitative estimate of drug-likeness (QED) is 0.868. The largest absolute Gasteiger partial charge is 0.497 e. The average molecular weight is 307 g/mol. The zero-order valence-electron chi connectivity index (χ0n) is 11.6. The maximum atomic E-state index is 13.6. The molecule has 2 aromatic carbocycles. The summed E-state index contributed by atoms with van der Waals surface area (Å²) in [6, 6.07) is 6.71. The Balaban J connectivity index is 2.31. The summed E-state index contributed by atoms with van der Waals surface area (Å²) in [6.45, 7) is 3.52. The van der Waals surface area contributed by atoms with E-state index in [4.69, 9.17) is 4.74 Å². The van der Waals surface area contributed by atoms with E-state index >= 15 is 0 Å². The molecule has 3 nitrogen and oxygen atoms in total. The Kier molecular flexibility index (Phi) is 4.50. The van der Waals surface area contributed by atoms with Crippen molar-refractivity contribution < 1.29 is 22.7 Å². The second-order valence-corrected chi connectivity index (χ2v) is 4.37. The van der Waals surface area contributed by atoms with Crippen LogP contribution in [0.4, 0.5) is 18.9 Å². The highest BCUT2D eigenvalue weighted by atomic mass is 19.1. The first-order valence-corrected chi connectivity index (χ1v) is 6.22. The third-order valence-electron chi connectivity index (χ3n) is 2.96. The molecule has 0 bridgehead atoms. The smallest absolute Gasteiger partial charge is 0.261 e. The predicted molar refractivity (Wildman–Crippen MR) is 76.8 cm³/mol. The van der Waals surface area contributed by atoms with Gasteiger partial charge in [-0.15, -0.1) is 0 Å². The molecule has 0 aliphatic heterocycles. The van der Waals surface area contributed by atoms with Crippen LogP contribution in [-0.2, 0) is 4.74 Å². The molecule has 0 atom stereocenters. The molecule has 2 aromatic rings. The van der Waals surface area contributed by atoms with Crippen LogP contribution in [-0.4, -0.2) is 13.0 Å². The van der Waals surface area contributed by atoms with Gasteiger partial charge in [-0.3, -0.25) is 4.79 Å². The van der Waals surface area contributed by atoms with Gasteiger partial charge in [0.2, 0.25) is 0 Å². The number of carbonyl (C=O) groups excluding carboxylic acids is 1. The van der Waals surface area contributed by atoms with E-state index in [1.807, 2.05) is 0 Å². The SMILES string of the molecule is C=C(OC)c1cc(NC(=O)c2c(F)cccc2F)ccc1F. The van der Waals surface area contributed by atoms with Gasteiger partial charge in [-0.25, -0.2) is 13.2 Å². The van der Waals surface area contributed by atoms with Gasteiger partial charge < -0.3 is 10.1 Å². The Labute approximate surface area is 125 Å². The van der Waals surface area contributed by atoms with Gasteiger partial charge in [-0.1, -0.05) is 12.6 Å². The van der Waals surface area contributed by atoms with Crippen molar-refractivity contribution in [2.75, 3.05) is 12.4 Å². The summed E-state index contributed by atoms with van der Waals surface area (Å²) < 4.78 is 45.5. The summed E-state index contributed by atoms with van der Waals surface area (Å²) in [4.78, 5) is 12.0. The van der Waals surface area contributed by atoms with E-state index in [0.717, 1.165) is 24.3 Å². The number of benzene rings is 2. The minimum absolute atomic E-state index is 0.0364. The first-order valence-electron chi connectivity index (χ1n) is 6.22. The molecule has 114 valence electrons. The molecule has 2 rings (SSSR count). The van der Waals surface area contributed by atoms with Crippen molar-refractivity contribution in [1.29, 1.82) is 0 Å². The minimum atomic E-state index is -0.985. The van der Waals surface area contributed by atoms with E-state index in [-0.39, 0.29) is 17.0 Å². The molecule has 6 heteroatoms. The van der Waals surface area contributed by atoms with E-state index in [9.17, 15) is 18.0 Å². The van der Waals surface area contributed by atoms with Crippen LogP contribution in [0.1, 0.15) is 15.9 Å². The Morgan fingerprint density at radius 3 is 2.32 bits per heavy atom. The van der Waals surface area contributed by atoms with Gasteiger partial charge in [0.05, 0.1) is 12.7 Å². The Morgan fingerprint density at radius 2 is 1.73 bits per heavy atom. The molecule has 1 N–H and O–H groups in total. The molecule has 0 aromatic heterocycles. The van der Waals surface area contributed by atoms with Gasteiger partial charge >= 0.3 is 0 Å². The number of hydrogen-bond acceptors (Lipinski definition) is 2. The Hall–Kier alpha value is -2.76. The summed E-state index contributed by atoms with van der Waals surface area (Å²) in [5, 5.41) is 2.30. The molecule has 0 saturated carbocycles. The normalized spacial score (nSPS) is 10.2. The number of amides is 1. The van der Waals surface area contributed by atoms with Crippen molar-refractivity contribution in [3.63, 3.8) is 0 Å². The van der Waals surface area contributed by atoms with Crippen molar-refractivity contribution in [2.24, 2.45) is 0 Å². The maximum Gasteiger partial charge on any atom is 0.261 e. The standard InChI is InChI=1S/C16H12F3NO2/c1-9(22-2)11-8-10(6-7-12(11)17)20-16(21)15-13(18)4-3-5-14(15)19/h3-8H,1H2,2H3,(H,20,21). The highest BCUT2D eigenvalue weighted by Crippen LogP contribution is 2.22. The van der Waals surface area contributed by atoms with Gasteiger partial charge in [0.15, 0.2) is 0 Å². The second kappa shape index (κ2) is 6.34. The number of hydrogen-bond donors (Lipinski definition) is 1. The van der Waals surface area contributed by atoms with E-state index in [0.29, 0.717) is 0 Å². The summed E-state index contributed by atoms with van der Waals surface area (Å²) in [6.07, 6.45) is 0. The summed E-state index contributed by atoms with van der Waals surface area (Å²) in [5.74, 6) is -3.48. The Bertz CT molecular complexity index is 724. The van der Waals surface area contributed by atoms with Crippen molar-refractivity contribution in [2.45, 2.75) is 0 Å². The number of methoxy groups -OCH3 is 1. The number of carbonyl (C=O) groups is 1. The van der Waals surface area contributed by atoms with Crippen LogP contribution < -0.4 is 5.32 Å². The van der Waals surface area contributed by atoms with Gasteiger partial charge in [-0.05, 0) is 30.3 Å². The third kappa shape index (κ3) is 3.11. The van der Waals surface area contributed by atoms with Crippen LogP contribution in [0.2, 0.25) is 0 Å². The fourth-order valence-electron chi connectivity index (χ4n) is 1.84. The lowest BCUT2D eigenvalue weighted by Gasteiger charge is -2.10. The maximum absolute atomic E-state index is 13.6. The lowest BCUT2D eigenvalue weighted by molar-refractivity contribution is 0.101. The predicted octanol–water partition coefficient (Wildman–Crippen LogP) is 3.97. The molecular formula is C16H12F3NO2. The number of rotatable bonds is 4. The van der Waals surface area contributed by atoms with E-state index in [1.54, 1.807) is 0 Å². The lowest BCUT2D eigenvalue weighted by Crippen LogP contribution is -2.16. The number of anilines is 1. The van der Waals surface area contributed by atoms with Crippen LogP contribution in [0, 0.1) is 17.5 Å². The topological polar surface area (TPSA) is 38.3 Å². The van der Waals surface area contributed by atoms with Crippen LogP contribution >= 0.6 is 0 Å². The molecule has 0 fully saturated rings. The lowest BCUT2D eigenvalue weighted by atomic mass is 10.1. The molecular weight excluding hydrogens is 295 g/mol. The van der Waals surface area contributed by atoms with E-state index < -0.39 is 28.9 Å². The van der Waals surface area contributed by atoms with Crippen LogP contribution in [0.15, 0.2) is 43.0 Å². The molecule has 1 amide bonds. The number of ether oxygens (including phenoxy) is 1. The summed E-state index contributed by atoms with van der Waals surface area (Å²) >= 11 is 0. The van der Waals surface area contributed by atoms with Crippen LogP contribution in [0.3, 0.4) is 0 Å². The Morgan fingerprint density at radius 1 is 1.09 bits per heavy atom. The minimum Gasteiger partial charge on any atom is -0.497 e. The zero-order chi connectivity index (χ0) is 16.3. The van der Waals surface area contributed by atoms with Crippen molar-refractivity contribution in [1.82, 2.24) is 0 Å². The molecule has 0 saturated heterocycles. The average Bonchev–Trinajstić information content (AvgIpc) is 2.48. The molecule has 0 aliphatic carbocycles. The second-order valence-electron chi connectivity index (χ2n) is 4.37. The third-order valence-corrected chi connectivity index (χ3v) is 2.96. The van der Waals surface area contributed by atoms with Gasteiger partial charge in [0.25, 0.3) is 5.91 Å². The molecule has 0 radical (unpaired) electrons. The monoisotopic (exact) mass is 307 g/mol. The highest BCUT2D eigenvalue weighted by molar-refractivity contribution is 6.04. The first kappa shape index (κ1) is 15.6. The van der Waals surface area contributed by atoms with Crippen molar-refractivity contribution in [3.8, 4) is 0 Å². The zero-order valence-corrected chi connectivity index (χ0v) is 11.6. The van der Waals surface area contributed by atoms with Gasteiger partial charge in [0, 0.05) is 5.69 Å². The van der Waals surface area contributed by atoms with E-state index in [2.05, 4.69) is 11.9 Å². The highest BCUT2D eigenvalue weighted by Gasteiger charge is 2.18. The van der Waals surface area contributed by atoms with Crippen LogP contribution in [0.25, 0.3) is 5.76 Å². The summed E-state index contributed by atoms with van der Waals surface area (Å²) in [5.41, 5.74) is -0.518. The molecule has 0 spiro atoms. The number of nitrogens with one attached hydrogen (secondary N) is 1. The van der Waals surface area contributed by atoms with Gasteiger partial charge in [0.1, 0.15) is 28.8 Å². The van der Waals surface area contributed by atoms with Crippen molar-refractivity contribution >= 4 is 17.4 Å². The fraction of sp³-hybridized carbons (Fsp3) is 0.0625. The van der Waals surface area contributed by atoms with Crippen molar-refractivity contribution in [3.05, 3.63) is 71.6 Å². The molecule has 0 unspecified atom stereocenters. The van der Waals surface area contributed by atoms with Crippen LogP contribution in [0.5, 0.6) is 0 Å². The van der Waals surface area contributed by atoms with Gasteiger partial charge in [-0.2, -0.15) is 0 Å². The fourth-order valence-corrected chi connectivity index (χ4v) is 1.84. The molecule has 0 aliphatic rings.